The van der Waals surface area contributed by atoms with E-state index in [1.807, 2.05) is 0 Å². The molecule has 1 fully saturated rings. The Morgan fingerprint density at radius 1 is 1.28 bits per heavy atom. The molecule has 0 atom stereocenters. The van der Waals surface area contributed by atoms with Crippen molar-refractivity contribution < 1.29 is 27.5 Å². The third-order valence-corrected chi connectivity index (χ3v) is 5.05. The van der Waals surface area contributed by atoms with Crippen LogP contribution in [-0.2, 0) is 11.0 Å². The van der Waals surface area contributed by atoms with Crippen LogP contribution in [0.3, 0.4) is 0 Å². The maximum absolute atomic E-state index is 13.3. The highest BCUT2D eigenvalue weighted by Gasteiger charge is 2.41. The van der Waals surface area contributed by atoms with Gasteiger partial charge < -0.3 is 20.3 Å². The minimum absolute atomic E-state index is 0.0353. The summed E-state index contributed by atoms with van der Waals surface area (Å²) in [6, 6.07) is 2.86. The minimum Gasteiger partial charge on any atom is -0.483 e. The summed E-state index contributed by atoms with van der Waals surface area (Å²) >= 11 is 0. The van der Waals surface area contributed by atoms with Crippen molar-refractivity contribution in [2.24, 2.45) is 0 Å². The fourth-order valence-electron chi connectivity index (χ4n) is 3.65. The van der Waals surface area contributed by atoms with Crippen molar-refractivity contribution in [3.8, 4) is 5.75 Å². The lowest BCUT2D eigenvalue weighted by Gasteiger charge is -2.39. The van der Waals surface area contributed by atoms with E-state index in [0.29, 0.717) is 37.2 Å². The van der Waals surface area contributed by atoms with Crippen LogP contribution in [0.4, 0.5) is 18.0 Å². The van der Waals surface area contributed by atoms with Crippen molar-refractivity contribution in [2.75, 3.05) is 19.6 Å². The predicted molar refractivity (Wildman–Crippen MR) is 101 cm³/mol. The molecule has 0 unspecified atom stereocenters. The zero-order valence-corrected chi connectivity index (χ0v) is 16.6. The number of urea groups is 1. The maximum Gasteiger partial charge on any atom is 0.416 e. The topological polar surface area (TPSA) is 70.7 Å². The van der Waals surface area contributed by atoms with Gasteiger partial charge in [0.15, 0.2) is 0 Å². The zero-order chi connectivity index (χ0) is 21.4. The molecule has 1 aromatic rings. The van der Waals surface area contributed by atoms with Crippen molar-refractivity contribution in [2.45, 2.75) is 45.4 Å². The van der Waals surface area contributed by atoms with Crippen molar-refractivity contribution in [1.29, 1.82) is 0 Å². The molecule has 1 aromatic carbocycles. The lowest BCUT2D eigenvalue weighted by atomic mass is 9.88. The molecule has 0 aliphatic carbocycles. The molecule has 1 saturated heterocycles. The Kier molecular flexibility index (Phi) is 5.51. The van der Waals surface area contributed by atoms with E-state index in [-0.39, 0.29) is 23.8 Å². The second-order valence-electron chi connectivity index (χ2n) is 7.51. The van der Waals surface area contributed by atoms with Gasteiger partial charge in [-0.25, -0.2) is 4.79 Å². The van der Waals surface area contributed by atoms with Crippen LogP contribution in [0.15, 0.2) is 23.8 Å². The van der Waals surface area contributed by atoms with Crippen LogP contribution in [0.2, 0.25) is 0 Å². The van der Waals surface area contributed by atoms with E-state index in [0.717, 1.165) is 12.1 Å². The molecule has 158 valence electrons. The third kappa shape index (κ3) is 4.18. The number of carbonyl (C=O) groups is 2. The Balaban J connectivity index is 2.15. The number of nitrogens with zero attached hydrogens (tertiary/aromatic N) is 1. The normalized spacial score (nSPS) is 18.4. The highest BCUT2D eigenvalue weighted by atomic mass is 19.4. The summed E-state index contributed by atoms with van der Waals surface area (Å²) < 4.78 is 46.0. The Morgan fingerprint density at radius 3 is 2.59 bits per heavy atom. The smallest absolute Gasteiger partial charge is 0.416 e. The first-order valence-electron chi connectivity index (χ1n) is 9.51. The van der Waals surface area contributed by atoms with Gasteiger partial charge in [0, 0.05) is 37.2 Å². The van der Waals surface area contributed by atoms with Crippen molar-refractivity contribution in [3.05, 3.63) is 34.9 Å². The molecule has 2 aliphatic heterocycles. The largest absolute Gasteiger partial charge is 0.483 e. The molecule has 0 radical (unpaired) electrons. The summed E-state index contributed by atoms with van der Waals surface area (Å²) in [6.07, 6.45) is -3.58. The minimum atomic E-state index is -4.53. The number of ether oxygens (including phenoxy) is 1. The van der Waals surface area contributed by atoms with Gasteiger partial charge in [-0.1, -0.05) is 0 Å². The Labute approximate surface area is 167 Å². The van der Waals surface area contributed by atoms with Crippen molar-refractivity contribution in [1.82, 2.24) is 15.5 Å². The molecule has 0 saturated carbocycles. The molecule has 6 nitrogen and oxygen atoms in total. The van der Waals surface area contributed by atoms with Gasteiger partial charge >= 0.3 is 12.2 Å². The van der Waals surface area contributed by atoms with Crippen LogP contribution in [0, 0.1) is 0 Å². The highest BCUT2D eigenvalue weighted by Crippen LogP contribution is 2.45. The van der Waals surface area contributed by atoms with E-state index in [2.05, 4.69) is 10.6 Å². The Hall–Kier alpha value is -2.71. The second-order valence-corrected chi connectivity index (χ2v) is 7.51. The summed E-state index contributed by atoms with van der Waals surface area (Å²) in [4.78, 5) is 25.9. The SMILES string of the molecule is CCNC(=O)NCC1=C(N2CCCC2=O)c2cc(C(F)(F)F)ccc2OC1(C)C. The molecule has 9 heteroatoms. The van der Waals surface area contributed by atoms with Crippen LogP contribution >= 0.6 is 0 Å². The average molecular weight is 411 g/mol. The number of alkyl halides is 3. The van der Waals surface area contributed by atoms with Gasteiger partial charge in [-0.3, -0.25) is 4.79 Å². The number of hydrogen-bond acceptors (Lipinski definition) is 3. The quantitative estimate of drug-likeness (QED) is 0.796. The molecular formula is C20H24F3N3O3. The molecule has 2 N–H and O–H groups in total. The first-order chi connectivity index (χ1) is 13.5. The molecule has 2 aliphatic rings. The molecule has 29 heavy (non-hydrogen) atoms. The van der Waals surface area contributed by atoms with Gasteiger partial charge in [-0.05, 0) is 45.4 Å². The Morgan fingerprint density at radius 2 is 2.00 bits per heavy atom. The number of nitrogens with one attached hydrogen (secondary N) is 2. The molecule has 0 spiro atoms. The van der Waals surface area contributed by atoms with Gasteiger partial charge in [0.25, 0.3) is 0 Å². The lowest BCUT2D eigenvalue weighted by molar-refractivity contribution is -0.137. The van der Waals surface area contributed by atoms with Gasteiger partial charge in [0.1, 0.15) is 11.4 Å². The molecule has 0 bridgehead atoms. The summed E-state index contributed by atoms with van der Waals surface area (Å²) in [5.41, 5.74) is -0.598. The van der Waals surface area contributed by atoms with E-state index in [1.165, 1.54) is 11.0 Å². The van der Waals surface area contributed by atoms with Crippen LogP contribution in [0.25, 0.3) is 5.70 Å². The van der Waals surface area contributed by atoms with Crippen LogP contribution in [-0.4, -0.2) is 42.1 Å². The monoisotopic (exact) mass is 411 g/mol. The average Bonchev–Trinajstić information content (AvgIpc) is 3.03. The number of rotatable bonds is 4. The number of fused-ring (bicyclic) bond motifs is 1. The maximum atomic E-state index is 13.3. The van der Waals surface area contributed by atoms with Gasteiger partial charge in [0.05, 0.1) is 11.3 Å². The summed E-state index contributed by atoms with van der Waals surface area (Å²) in [5.74, 6) is 0.121. The second kappa shape index (κ2) is 7.61. The first kappa shape index (κ1) is 21.0. The van der Waals surface area contributed by atoms with Gasteiger partial charge in [-0.15, -0.1) is 0 Å². The summed E-state index contributed by atoms with van der Waals surface area (Å²) in [6.45, 7) is 6.18. The number of amides is 3. The summed E-state index contributed by atoms with van der Waals surface area (Å²) in [5, 5.41) is 5.32. The van der Waals surface area contributed by atoms with Crippen LogP contribution in [0.5, 0.6) is 5.75 Å². The third-order valence-electron chi connectivity index (χ3n) is 5.05. The van der Waals surface area contributed by atoms with Crippen molar-refractivity contribution >= 4 is 17.6 Å². The van der Waals surface area contributed by atoms with Gasteiger partial charge in [0.2, 0.25) is 5.91 Å². The van der Waals surface area contributed by atoms with E-state index in [4.69, 9.17) is 4.74 Å². The fourth-order valence-corrected chi connectivity index (χ4v) is 3.65. The molecule has 2 heterocycles. The number of likely N-dealkylation sites (tertiary alicyclic amines) is 1. The Bertz CT molecular complexity index is 862. The van der Waals surface area contributed by atoms with Crippen LogP contribution < -0.4 is 15.4 Å². The van der Waals surface area contributed by atoms with E-state index in [1.54, 1.807) is 20.8 Å². The molecule has 0 aromatic heterocycles. The number of carbonyl (C=O) groups excluding carboxylic acids is 2. The lowest BCUT2D eigenvalue weighted by Crippen LogP contribution is -2.45. The number of benzene rings is 1. The molecular weight excluding hydrogens is 387 g/mol. The van der Waals surface area contributed by atoms with E-state index >= 15 is 0 Å². The fraction of sp³-hybridized carbons (Fsp3) is 0.500. The van der Waals surface area contributed by atoms with E-state index < -0.39 is 23.4 Å². The summed E-state index contributed by atoms with van der Waals surface area (Å²) in [7, 11) is 0. The van der Waals surface area contributed by atoms with Gasteiger partial charge in [-0.2, -0.15) is 13.2 Å². The standard InChI is InChI=1S/C20H24F3N3O3/c1-4-24-18(28)25-11-14-17(26-9-5-6-16(26)27)13-10-12(20(21,22)23)7-8-15(13)29-19(14,2)3/h7-8,10H,4-6,9,11H2,1-3H3,(H2,24,25,28). The number of hydrogen-bond donors (Lipinski definition) is 2. The number of halogens is 3. The van der Waals surface area contributed by atoms with Crippen LogP contribution in [0.1, 0.15) is 44.7 Å². The predicted octanol–water partition coefficient (Wildman–Crippen LogP) is 3.53. The van der Waals surface area contributed by atoms with Crippen molar-refractivity contribution in [3.63, 3.8) is 0 Å². The molecule has 3 rings (SSSR count). The zero-order valence-electron chi connectivity index (χ0n) is 16.6. The molecule has 3 amide bonds. The highest BCUT2D eigenvalue weighted by molar-refractivity contribution is 5.92. The first-order valence-corrected chi connectivity index (χ1v) is 9.51. The van der Waals surface area contributed by atoms with E-state index in [9.17, 15) is 22.8 Å².